The Kier molecular flexibility index (Phi) is 4.76. The Hall–Kier alpha value is -1.59. The van der Waals surface area contributed by atoms with Gasteiger partial charge in [-0.2, -0.15) is 0 Å². The average molecular weight is 290 g/mol. The van der Waals surface area contributed by atoms with Gasteiger partial charge in [0.2, 0.25) is 5.91 Å². The Morgan fingerprint density at radius 3 is 2.89 bits per heavy atom. The molecule has 0 saturated carbocycles. The van der Waals surface area contributed by atoms with E-state index in [1.807, 2.05) is 42.8 Å². The monoisotopic (exact) mass is 290 g/mol. The number of nitrogens with one attached hydrogen (secondary N) is 1. The minimum atomic E-state index is -0.146. The first-order chi connectivity index (χ1) is 9.19. The Bertz CT molecular complexity index is 605. The number of thiazole rings is 1. The highest BCUT2D eigenvalue weighted by Crippen LogP contribution is 2.24. The van der Waals surface area contributed by atoms with E-state index >= 15 is 0 Å². The third-order valence-electron chi connectivity index (χ3n) is 2.41. The number of thioether (sulfide) groups is 1. The number of nitrogens with zero attached hydrogens (tertiary/aromatic N) is 1. The second kappa shape index (κ2) is 6.54. The molecule has 19 heavy (non-hydrogen) atoms. The van der Waals surface area contributed by atoms with Crippen LogP contribution in [0.3, 0.4) is 0 Å². The van der Waals surface area contributed by atoms with E-state index in [0.29, 0.717) is 0 Å². The SMILES string of the molecule is CSc1ccccc1NC(=O)C=Cc1csc(C)n1. The molecule has 0 aliphatic heterocycles. The smallest absolute Gasteiger partial charge is 0.248 e. The number of aromatic nitrogens is 1. The highest BCUT2D eigenvalue weighted by molar-refractivity contribution is 7.98. The number of hydrogen-bond donors (Lipinski definition) is 1. The van der Waals surface area contributed by atoms with E-state index in [2.05, 4.69) is 10.3 Å². The summed E-state index contributed by atoms with van der Waals surface area (Å²) in [5.74, 6) is -0.146. The lowest BCUT2D eigenvalue weighted by molar-refractivity contribution is -0.111. The van der Waals surface area contributed by atoms with Crippen LogP contribution in [0.1, 0.15) is 10.7 Å². The van der Waals surface area contributed by atoms with Crippen molar-refractivity contribution in [3.8, 4) is 0 Å². The van der Waals surface area contributed by atoms with Crippen molar-refractivity contribution in [3.63, 3.8) is 0 Å². The summed E-state index contributed by atoms with van der Waals surface area (Å²) < 4.78 is 0. The van der Waals surface area contributed by atoms with Crippen LogP contribution in [0.25, 0.3) is 6.08 Å². The lowest BCUT2D eigenvalue weighted by Gasteiger charge is -2.06. The number of aryl methyl sites for hydroxylation is 1. The molecule has 5 heteroatoms. The van der Waals surface area contributed by atoms with Crippen LogP contribution in [0.2, 0.25) is 0 Å². The van der Waals surface area contributed by atoms with Crippen molar-refractivity contribution in [2.75, 3.05) is 11.6 Å². The fraction of sp³-hybridized carbons (Fsp3) is 0.143. The third-order valence-corrected chi connectivity index (χ3v) is 3.99. The number of para-hydroxylation sites is 1. The molecule has 0 spiro atoms. The Labute approximate surface area is 120 Å². The van der Waals surface area contributed by atoms with Crippen LogP contribution >= 0.6 is 23.1 Å². The van der Waals surface area contributed by atoms with Gasteiger partial charge >= 0.3 is 0 Å². The van der Waals surface area contributed by atoms with Crippen molar-refractivity contribution in [2.45, 2.75) is 11.8 Å². The van der Waals surface area contributed by atoms with Gasteiger partial charge in [0, 0.05) is 16.4 Å². The first kappa shape index (κ1) is 13.8. The first-order valence-corrected chi connectivity index (χ1v) is 7.83. The second-order valence-corrected chi connectivity index (χ2v) is 5.72. The maximum atomic E-state index is 11.8. The van der Waals surface area contributed by atoms with Crippen molar-refractivity contribution in [1.82, 2.24) is 4.98 Å². The van der Waals surface area contributed by atoms with Crippen molar-refractivity contribution in [1.29, 1.82) is 0 Å². The van der Waals surface area contributed by atoms with Gasteiger partial charge in [0.1, 0.15) is 0 Å². The molecule has 3 nitrogen and oxygen atoms in total. The number of hydrogen-bond acceptors (Lipinski definition) is 4. The zero-order chi connectivity index (χ0) is 13.7. The summed E-state index contributed by atoms with van der Waals surface area (Å²) >= 11 is 3.17. The van der Waals surface area contributed by atoms with E-state index in [-0.39, 0.29) is 5.91 Å². The molecule has 2 aromatic rings. The molecule has 1 N–H and O–H groups in total. The van der Waals surface area contributed by atoms with Gasteiger partial charge in [-0.05, 0) is 31.4 Å². The van der Waals surface area contributed by atoms with E-state index in [4.69, 9.17) is 0 Å². The summed E-state index contributed by atoms with van der Waals surface area (Å²) in [5, 5.41) is 5.79. The fourth-order valence-electron chi connectivity index (χ4n) is 1.54. The van der Waals surface area contributed by atoms with Crippen molar-refractivity contribution in [2.24, 2.45) is 0 Å². The van der Waals surface area contributed by atoms with Crippen LogP contribution in [0.5, 0.6) is 0 Å². The third kappa shape index (κ3) is 3.94. The maximum Gasteiger partial charge on any atom is 0.248 e. The Balaban J connectivity index is 2.03. The molecule has 0 fully saturated rings. The van der Waals surface area contributed by atoms with Crippen LogP contribution in [-0.2, 0) is 4.79 Å². The number of carbonyl (C=O) groups excluding carboxylic acids is 1. The van der Waals surface area contributed by atoms with Crippen LogP contribution in [-0.4, -0.2) is 17.1 Å². The predicted octanol–water partition coefficient (Wildman–Crippen LogP) is 3.83. The van der Waals surface area contributed by atoms with Crippen molar-refractivity contribution < 1.29 is 4.79 Å². The molecule has 0 atom stereocenters. The molecule has 0 aliphatic rings. The highest BCUT2D eigenvalue weighted by Gasteiger charge is 2.03. The van der Waals surface area contributed by atoms with Gasteiger partial charge in [0.05, 0.1) is 16.4 Å². The molecule has 1 aromatic heterocycles. The summed E-state index contributed by atoms with van der Waals surface area (Å²) in [4.78, 5) is 17.1. The standard InChI is InChI=1S/C14H14N2OS2/c1-10-15-11(9-19-10)7-8-14(17)16-12-5-3-4-6-13(12)18-2/h3-9H,1-2H3,(H,16,17). The minimum Gasteiger partial charge on any atom is -0.321 e. The molecule has 1 aromatic carbocycles. The largest absolute Gasteiger partial charge is 0.321 e. The van der Waals surface area contributed by atoms with Gasteiger partial charge in [-0.1, -0.05) is 12.1 Å². The normalized spacial score (nSPS) is 10.8. The van der Waals surface area contributed by atoms with Crippen molar-refractivity contribution >= 4 is 40.8 Å². The first-order valence-electron chi connectivity index (χ1n) is 5.73. The molecule has 0 aliphatic carbocycles. The maximum absolute atomic E-state index is 11.8. The van der Waals surface area contributed by atoms with E-state index in [9.17, 15) is 4.79 Å². The molecule has 98 valence electrons. The van der Waals surface area contributed by atoms with E-state index in [1.165, 1.54) is 6.08 Å². The highest BCUT2D eigenvalue weighted by atomic mass is 32.2. The van der Waals surface area contributed by atoms with Crippen LogP contribution < -0.4 is 5.32 Å². The number of anilines is 1. The zero-order valence-corrected chi connectivity index (χ0v) is 12.3. The number of benzene rings is 1. The molecule has 0 unspecified atom stereocenters. The minimum absolute atomic E-state index is 0.146. The zero-order valence-electron chi connectivity index (χ0n) is 10.7. The van der Waals surface area contributed by atoms with Gasteiger partial charge < -0.3 is 5.32 Å². The predicted molar refractivity (Wildman–Crippen MR) is 82.7 cm³/mol. The van der Waals surface area contributed by atoms with E-state index in [1.54, 1.807) is 29.2 Å². The van der Waals surface area contributed by atoms with Gasteiger partial charge in [-0.3, -0.25) is 4.79 Å². The lowest BCUT2D eigenvalue weighted by atomic mass is 10.3. The summed E-state index contributed by atoms with van der Waals surface area (Å²) in [6.45, 7) is 1.94. The lowest BCUT2D eigenvalue weighted by Crippen LogP contribution is -2.08. The van der Waals surface area contributed by atoms with Crippen molar-refractivity contribution in [3.05, 3.63) is 46.4 Å². The molecule has 0 saturated heterocycles. The molecular formula is C14H14N2OS2. The summed E-state index contributed by atoms with van der Waals surface area (Å²) in [6.07, 6.45) is 5.21. The molecule has 1 amide bonds. The van der Waals surface area contributed by atoms with Gasteiger partial charge in [-0.15, -0.1) is 23.1 Å². The number of amides is 1. The molecule has 2 rings (SSSR count). The van der Waals surface area contributed by atoms with Crippen LogP contribution in [0, 0.1) is 6.92 Å². The molecule has 0 radical (unpaired) electrons. The average Bonchev–Trinajstić information content (AvgIpc) is 2.83. The molecular weight excluding hydrogens is 276 g/mol. The second-order valence-electron chi connectivity index (χ2n) is 3.81. The Morgan fingerprint density at radius 2 is 2.21 bits per heavy atom. The topological polar surface area (TPSA) is 42.0 Å². The number of carbonyl (C=O) groups is 1. The molecule has 1 heterocycles. The molecule has 0 bridgehead atoms. The summed E-state index contributed by atoms with van der Waals surface area (Å²) in [5.41, 5.74) is 1.65. The van der Waals surface area contributed by atoms with E-state index < -0.39 is 0 Å². The van der Waals surface area contributed by atoms with Gasteiger partial charge in [0.25, 0.3) is 0 Å². The van der Waals surface area contributed by atoms with Gasteiger partial charge in [-0.25, -0.2) is 4.98 Å². The van der Waals surface area contributed by atoms with E-state index in [0.717, 1.165) is 21.3 Å². The van der Waals surface area contributed by atoms with Crippen LogP contribution in [0.15, 0.2) is 40.6 Å². The van der Waals surface area contributed by atoms with Crippen LogP contribution in [0.4, 0.5) is 5.69 Å². The summed E-state index contributed by atoms with van der Waals surface area (Å²) in [6, 6.07) is 7.73. The van der Waals surface area contributed by atoms with Gasteiger partial charge in [0.15, 0.2) is 0 Å². The summed E-state index contributed by atoms with van der Waals surface area (Å²) in [7, 11) is 0. The number of rotatable bonds is 4. The quantitative estimate of drug-likeness (QED) is 0.687. The Morgan fingerprint density at radius 1 is 1.42 bits per heavy atom. The fourth-order valence-corrected chi connectivity index (χ4v) is 2.67.